The molecule has 104 valence electrons. The summed E-state index contributed by atoms with van der Waals surface area (Å²) in [6, 6.07) is 3.54. The third-order valence-electron chi connectivity index (χ3n) is 2.84. The van der Waals surface area contributed by atoms with Crippen molar-refractivity contribution in [1.29, 1.82) is 0 Å². The maximum Gasteiger partial charge on any atom is 0.358 e. The van der Waals surface area contributed by atoms with Crippen LogP contribution < -0.4 is 4.74 Å². The van der Waals surface area contributed by atoms with Gasteiger partial charge in [0.15, 0.2) is 12.5 Å². The average Bonchev–Trinajstić information content (AvgIpc) is 2.87. The number of carboxylic acid groups (broad SMARTS) is 1. The van der Waals surface area contributed by atoms with E-state index in [1.807, 2.05) is 0 Å². The second-order valence-electron chi connectivity index (χ2n) is 4.27. The average molecular weight is 296 g/mol. The van der Waals surface area contributed by atoms with E-state index < -0.39 is 5.97 Å². The van der Waals surface area contributed by atoms with Crippen LogP contribution in [0.5, 0.6) is 5.75 Å². The van der Waals surface area contributed by atoms with E-state index in [-0.39, 0.29) is 12.5 Å². The van der Waals surface area contributed by atoms with Crippen LogP contribution in [-0.2, 0) is 17.9 Å². The van der Waals surface area contributed by atoms with E-state index in [1.54, 1.807) is 12.1 Å². The molecular formula is C12H10ClN3O4. The summed E-state index contributed by atoms with van der Waals surface area (Å²) in [6.07, 6.45) is 1.36. The van der Waals surface area contributed by atoms with Crippen LogP contribution in [0.1, 0.15) is 21.6 Å². The highest BCUT2D eigenvalue weighted by Crippen LogP contribution is 2.32. The van der Waals surface area contributed by atoms with Crippen molar-refractivity contribution in [2.45, 2.75) is 13.2 Å². The molecule has 0 saturated carbocycles. The Labute approximate surface area is 118 Å². The standard InChI is InChI=1S/C12H10ClN3O4/c13-9-1-7(11-8(2-9)5-19-6-20-11)3-16-4-10(12(17)18)14-15-16/h1-2,4H,3,5-6H2,(H,17,18). The first-order valence-corrected chi connectivity index (χ1v) is 6.16. The van der Waals surface area contributed by atoms with Gasteiger partial charge in [0.25, 0.3) is 0 Å². The molecule has 2 aromatic rings. The minimum atomic E-state index is -1.12. The van der Waals surface area contributed by atoms with Crippen LogP contribution in [0.3, 0.4) is 0 Å². The van der Waals surface area contributed by atoms with E-state index in [0.29, 0.717) is 23.9 Å². The molecule has 1 aromatic carbocycles. The molecule has 0 unspecified atom stereocenters. The predicted octanol–water partition coefficient (Wildman–Crippen LogP) is 1.54. The van der Waals surface area contributed by atoms with Crippen LogP contribution in [0.15, 0.2) is 18.3 Å². The third-order valence-corrected chi connectivity index (χ3v) is 3.06. The number of fused-ring (bicyclic) bond motifs is 1. The fourth-order valence-corrected chi connectivity index (χ4v) is 2.29. The fraction of sp³-hybridized carbons (Fsp3) is 0.250. The van der Waals surface area contributed by atoms with Crippen molar-refractivity contribution >= 4 is 17.6 Å². The van der Waals surface area contributed by atoms with Crippen LogP contribution in [0.2, 0.25) is 5.02 Å². The van der Waals surface area contributed by atoms with Crippen molar-refractivity contribution in [2.75, 3.05) is 6.79 Å². The highest BCUT2D eigenvalue weighted by atomic mass is 35.5. The molecule has 1 aromatic heterocycles. The first kappa shape index (κ1) is 12.9. The molecular weight excluding hydrogens is 286 g/mol. The number of halogens is 1. The molecule has 0 aliphatic carbocycles. The van der Waals surface area contributed by atoms with Crippen molar-refractivity contribution in [2.24, 2.45) is 0 Å². The molecule has 20 heavy (non-hydrogen) atoms. The molecule has 7 nitrogen and oxygen atoms in total. The largest absolute Gasteiger partial charge is 0.476 e. The molecule has 3 rings (SSSR count). The molecule has 0 amide bonds. The van der Waals surface area contributed by atoms with Gasteiger partial charge in [-0.3, -0.25) is 0 Å². The van der Waals surface area contributed by atoms with Crippen LogP contribution in [0.25, 0.3) is 0 Å². The summed E-state index contributed by atoms with van der Waals surface area (Å²) in [5, 5.41) is 16.7. The molecule has 0 fully saturated rings. The normalized spacial score (nSPS) is 13.7. The Morgan fingerprint density at radius 2 is 2.35 bits per heavy atom. The lowest BCUT2D eigenvalue weighted by molar-refractivity contribution is -0.0171. The van der Waals surface area contributed by atoms with Gasteiger partial charge in [-0.05, 0) is 12.1 Å². The lowest BCUT2D eigenvalue weighted by atomic mass is 10.1. The smallest absolute Gasteiger partial charge is 0.358 e. The molecule has 1 aliphatic heterocycles. The van der Waals surface area contributed by atoms with E-state index in [0.717, 1.165) is 11.1 Å². The zero-order chi connectivity index (χ0) is 14.1. The summed E-state index contributed by atoms with van der Waals surface area (Å²) >= 11 is 6.05. The number of benzene rings is 1. The van der Waals surface area contributed by atoms with Crippen LogP contribution in [0, 0.1) is 0 Å². The summed E-state index contributed by atoms with van der Waals surface area (Å²) in [6.45, 7) is 0.934. The summed E-state index contributed by atoms with van der Waals surface area (Å²) in [5.41, 5.74) is 1.56. The van der Waals surface area contributed by atoms with E-state index in [2.05, 4.69) is 10.3 Å². The van der Waals surface area contributed by atoms with Crippen molar-refractivity contribution in [3.63, 3.8) is 0 Å². The van der Waals surface area contributed by atoms with Gasteiger partial charge in [-0.25, -0.2) is 9.48 Å². The number of carboxylic acids is 1. The first-order valence-electron chi connectivity index (χ1n) is 5.79. The highest BCUT2D eigenvalue weighted by molar-refractivity contribution is 6.30. The van der Waals surface area contributed by atoms with Gasteiger partial charge in [-0.2, -0.15) is 0 Å². The quantitative estimate of drug-likeness (QED) is 0.924. The maximum atomic E-state index is 10.8. The van der Waals surface area contributed by atoms with Gasteiger partial charge in [-0.1, -0.05) is 16.8 Å². The monoisotopic (exact) mass is 295 g/mol. The first-order chi connectivity index (χ1) is 9.63. The van der Waals surface area contributed by atoms with Gasteiger partial charge in [0.2, 0.25) is 0 Å². The maximum absolute atomic E-state index is 10.8. The summed E-state index contributed by atoms with van der Waals surface area (Å²) < 4.78 is 12.1. The Morgan fingerprint density at radius 1 is 1.50 bits per heavy atom. The Morgan fingerprint density at radius 3 is 3.10 bits per heavy atom. The number of carbonyl (C=O) groups is 1. The number of hydrogen-bond donors (Lipinski definition) is 1. The van der Waals surface area contributed by atoms with E-state index in [4.69, 9.17) is 26.2 Å². The molecule has 8 heteroatoms. The minimum Gasteiger partial charge on any atom is -0.476 e. The van der Waals surface area contributed by atoms with E-state index in [9.17, 15) is 4.79 Å². The van der Waals surface area contributed by atoms with Crippen LogP contribution >= 0.6 is 11.6 Å². The summed E-state index contributed by atoms with van der Waals surface area (Å²) in [4.78, 5) is 10.8. The molecule has 0 radical (unpaired) electrons. The summed E-state index contributed by atoms with van der Waals surface area (Å²) in [5.74, 6) is -0.415. The van der Waals surface area contributed by atoms with Crippen molar-refractivity contribution < 1.29 is 19.4 Å². The van der Waals surface area contributed by atoms with Gasteiger partial charge in [0.05, 0.1) is 19.3 Å². The lowest BCUT2D eigenvalue weighted by Gasteiger charge is -2.21. The number of ether oxygens (including phenoxy) is 2. The molecule has 0 atom stereocenters. The van der Waals surface area contributed by atoms with E-state index >= 15 is 0 Å². The predicted molar refractivity (Wildman–Crippen MR) is 67.8 cm³/mol. The van der Waals surface area contributed by atoms with Gasteiger partial charge >= 0.3 is 5.97 Å². The third kappa shape index (κ3) is 2.45. The number of nitrogens with zero attached hydrogens (tertiary/aromatic N) is 3. The molecule has 0 spiro atoms. The molecule has 0 saturated heterocycles. The number of rotatable bonds is 3. The molecule has 1 aliphatic rings. The Bertz CT molecular complexity index is 671. The highest BCUT2D eigenvalue weighted by Gasteiger charge is 2.17. The second kappa shape index (κ2) is 5.10. The Kier molecular flexibility index (Phi) is 3.29. The second-order valence-corrected chi connectivity index (χ2v) is 4.71. The van der Waals surface area contributed by atoms with Crippen molar-refractivity contribution in [3.8, 4) is 5.75 Å². The van der Waals surface area contributed by atoms with Crippen molar-refractivity contribution in [1.82, 2.24) is 15.0 Å². The molecule has 0 bridgehead atoms. The number of hydrogen-bond acceptors (Lipinski definition) is 5. The van der Waals surface area contributed by atoms with Gasteiger partial charge in [-0.15, -0.1) is 5.10 Å². The summed E-state index contributed by atoms with van der Waals surface area (Å²) in [7, 11) is 0. The van der Waals surface area contributed by atoms with Crippen LogP contribution in [0.4, 0.5) is 0 Å². The van der Waals surface area contributed by atoms with E-state index in [1.165, 1.54) is 10.9 Å². The number of aromatic carboxylic acids is 1. The van der Waals surface area contributed by atoms with Crippen molar-refractivity contribution in [3.05, 3.63) is 40.2 Å². The minimum absolute atomic E-state index is 0.106. The Balaban J connectivity index is 1.93. The van der Waals surface area contributed by atoms with Gasteiger partial charge in [0.1, 0.15) is 5.75 Å². The zero-order valence-corrected chi connectivity index (χ0v) is 11.0. The molecule has 1 N–H and O–H groups in total. The van der Waals surface area contributed by atoms with Crippen LogP contribution in [-0.4, -0.2) is 32.9 Å². The SMILES string of the molecule is O=C(O)c1cn(Cc2cc(Cl)cc3c2OCOC3)nn1. The Hall–Kier alpha value is -2.12. The topological polar surface area (TPSA) is 86.5 Å². The van der Waals surface area contributed by atoms with Gasteiger partial charge in [0, 0.05) is 16.1 Å². The molecule has 2 heterocycles. The number of aromatic nitrogens is 3. The zero-order valence-electron chi connectivity index (χ0n) is 10.2. The van der Waals surface area contributed by atoms with Gasteiger partial charge < -0.3 is 14.6 Å². The fourth-order valence-electron chi connectivity index (χ4n) is 2.02. The lowest BCUT2D eigenvalue weighted by Crippen LogP contribution is -2.14.